The second-order valence-electron chi connectivity index (χ2n) is 6.39. The van der Waals surface area contributed by atoms with Gasteiger partial charge in [0.1, 0.15) is 11.4 Å². The van der Waals surface area contributed by atoms with Crippen LogP contribution in [-0.4, -0.2) is 52.8 Å². The molecule has 2 heterocycles. The zero-order valence-corrected chi connectivity index (χ0v) is 15.7. The van der Waals surface area contributed by atoms with Crippen LogP contribution < -0.4 is 4.74 Å². The van der Waals surface area contributed by atoms with E-state index in [1.165, 1.54) is 0 Å². The van der Waals surface area contributed by atoms with Crippen LogP contribution in [0.4, 0.5) is 0 Å². The van der Waals surface area contributed by atoms with E-state index < -0.39 is 5.60 Å². The third kappa shape index (κ3) is 3.57. The minimum Gasteiger partial charge on any atom is -0.483 e. The van der Waals surface area contributed by atoms with Crippen LogP contribution in [0.1, 0.15) is 19.4 Å². The van der Waals surface area contributed by atoms with Crippen LogP contribution in [0.3, 0.4) is 0 Å². The summed E-state index contributed by atoms with van der Waals surface area (Å²) in [5.74, 6) is 0.889. The molecule has 1 saturated heterocycles. The van der Waals surface area contributed by atoms with Crippen molar-refractivity contribution in [3.8, 4) is 5.75 Å². The van der Waals surface area contributed by atoms with Gasteiger partial charge in [0.25, 0.3) is 0 Å². The molecule has 0 aromatic heterocycles. The van der Waals surface area contributed by atoms with Crippen molar-refractivity contribution in [1.29, 1.82) is 0 Å². The topological polar surface area (TPSA) is 32.8 Å². The SMILES string of the molecule is CC1(C)C=C(N2CCN(CCBr)CC2=O)c2cc(Cl)ccc2O1. The van der Waals surface area contributed by atoms with Crippen LogP contribution in [0.5, 0.6) is 5.75 Å². The Morgan fingerprint density at radius 1 is 1.35 bits per heavy atom. The van der Waals surface area contributed by atoms with Gasteiger partial charge in [0, 0.05) is 35.6 Å². The number of nitrogens with zero attached hydrogens (tertiary/aromatic N) is 2. The molecule has 2 aliphatic heterocycles. The molecular formula is C17H20BrClN2O2. The first kappa shape index (κ1) is 16.8. The van der Waals surface area contributed by atoms with Crippen LogP contribution in [0.15, 0.2) is 24.3 Å². The van der Waals surface area contributed by atoms with E-state index >= 15 is 0 Å². The van der Waals surface area contributed by atoms with E-state index in [1.807, 2.05) is 43.0 Å². The number of carbonyl (C=O) groups excluding carboxylic acids is 1. The Morgan fingerprint density at radius 2 is 2.13 bits per heavy atom. The fourth-order valence-electron chi connectivity index (χ4n) is 3.02. The minimum atomic E-state index is -0.455. The Balaban J connectivity index is 1.93. The van der Waals surface area contributed by atoms with Gasteiger partial charge in [-0.3, -0.25) is 9.69 Å². The number of hydrogen-bond acceptors (Lipinski definition) is 3. The molecule has 0 N–H and O–H groups in total. The molecule has 1 fully saturated rings. The maximum absolute atomic E-state index is 12.6. The molecule has 2 aliphatic rings. The number of rotatable bonds is 3. The first-order valence-electron chi connectivity index (χ1n) is 7.70. The summed E-state index contributed by atoms with van der Waals surface area (Å²) in [4.78, 5) is 16.7. The van der Waals surface area contributed by atoms with Gasteiger partial charge >= 0.3 is 0 Å². The highest BCUT2D eigenvalue weighted by molar-refractivity contribution is 9.09. The van der Waals surface area contributed by atoms with Crippen molar-refractivity contribution in [3.63, 3.8) is 0 Å². The Kier molecular flexibility index (Phi) is 4.72. The molecule has 124 valence electrons. The van der Waals surface area contributed by atoms with Crippen LogP contribution in [0.2, 0.25) is 5.02 Å². The van der Waals surface area contributed by atoms with Crippen molar-refractivity contribution >= 4 is 39.1 Å². The van der Waals surface area contributed by atoms with E-state index in [-0.39, 0.29) is 5.91 Å². The Labute approximate surface area is 150 Å². The van der Waals surface area contributed by atoms with Gasteiger partial charge in [0.05, 0.1) is 12.2 Å². The average molecular weight is 400 g/mol. The maximum atomic E-state index is 12.6. The highest BCUT2D eigenvalue weighted by atomic mass is 79.9. The number of halogens is 2. The molecular weight excluding hydrogens is 380 g/mol. The molecule has 0 bridgehead atoms. The third-order valence-electron chi connectivity index (χ3n) is 4.07. The molecule has 0 atom stereocenters. The van der Waals surface area contributed by atoms with Gasteiger partial charge in [0.15, 0.2) is 0 Å². The van der Waals surface area contributed by atoms with Crippen molar-refractivity contribution in [2.24, 2.45) is 0 Å². The zero-order chi connectivity index (χ0) is 16.6. The first-order chi connectivity index (χ1) is 10.9. The van der Waals surface area contributed by atoms with Crippen LogP contribution >= 0.6 is 27.5 Å². The fourth-order valence-corrected chi connectivity index (χ4v) is 3.70. The summed E-state index contributed by atoms with van der Waals surface area (Å²) >= 11 is 9.58. The second-order valence-corrected chi connectivity index (χ2v) is 7.62. The molecule has 4 nitrogen and oxygen atoms in total. The summed E-state index contributed by atoms with van der Waals surface area (Å²) < 4.78 is 6.00. The lowest BCUT2D eigenvalue weighted by atomic mass is 9.97. The van der Waals surface area contributed by atoms with Crippen molar-refractivity contribution in [3.05, 3.63) is 34.9 Å². The van der Waals surface area contributed by atoms with Gasteiger partial charge in [0.2, 0.25) is 5.91 Å². The summed E-state index contributed by atoms with van der Waals surface area (Å²) in [6, 6.07) is 5.56. The number of benzene rings is 1. The summed E-state index contributed by atoms with van der Waals surface area (Å²) in [6.07, 6.45) is 2.02. The highest BCUT2D eigenvalue weighted by Crippen LogP contribution is 2.39. The Bertz CT molecular complexity index is 660. The molecule has 0 unspecified atom stereocenters. The van der Waals surface area contributed by atoms with Crippen molar-refractivity contribution < 1.29 is 9.53 Å². The number of piperazine rings is 1. The molecule has 1 amide bonds. The van der Waals surface area contributed by atoms with Gasteiger partial charge in [-0.25, -0.2) is 0 Å². The van der Waals surface area contributed by atoms with E-state index in [1.54, 1.807) is 0 Å². The van der Waals surface area contributed by atoms with Crippen molar-refractivity contribution in [1.82, 2.24) is 9.80 Å². The smallest absolute Gasteiger partial charge is 0.241 e. The van der Waals surface area contributed by atoms with E-state index in [9.17, 15) is 4.79 Å². The third-order valence-corrected chi connectivity index (χ3v) is 4.66. The predicted octanol–water partition coefficient (Wildman–Crippen LogP) is 3.39. The molecule has 0 aliphatic carbocycles. The van der Waals surface area contributed by atoms with Gasteiger partial charge in [-0.1, -0.05) is 27.5 Å². The highest BCUT2D eigenvalue weighted by Gasteiger charge is 2.33. The number of ether oxygens (including phenoxy) is 1. The molecule has 0 saturated carbocycles. The van der Waals surface area contributed by atoms with Gasteiger partial charge in [-0.2, -0.15) is 0 Å². The number of fused-ring (bicyclic) bond motifs is 1. The summed E-state index contributed by atoms with van der Waals surface area (Å²) in [5, 5.41) is 1.52. The quantitative estimate of drug-likeness (QED) is 0.730. The Morgan fingerprint density at radius 3 is 2.83 bits per heavy atom. The van der Waals surface area contributed by atoms with E-state index in [4.69, 9.17) is 16.3 Å². The van der Waals surface area contributed by atoms with E-state index in [0.717, 1.165) is 35.4 Å². The standard InChI is InChI=1S/C17H20BrClN2O2/c1-17(2)10-14(13-9-12(19)3-4-15(13)23-17)21-8-7-20(6-5-18)11-16(21)22/h3-4,9-10H,5-8,11H2,1-2H3. The minimum absolute atomic E-state index is 0.118. The lowest BCUT2D eigenvalue weighted by Crippen LogP contribution is -2.50. The molecule has 0 radical (unpaired) electrons. The second kappa shape index (κ2) is 6.46. The summed E-state index contributed by atoms with van der Waals surface area (Å²) in [7, 11) is 0. The van der Waals surface area contributed by atoms with Gasteiger partial charge in [-0.05, 0) is 38.1 Å². The first-order valence-corrected chi connectivity index (χ1v) is 9.20. The normalized spacial score (nSPS) is 20.8. The predicted molar refractivity (Wildman–Crippen MR) is 96.1 cm³/mol. The number of amides is 1. The van der Waals surface area contributed by atoms with Gasteiger partial charge in [-0.15, -0.1) is 0 Å². The molecule has 23 heavy (non-hydrogen) atoms. The van der Waals surface area contributed by atoms with Crippen molar-refractivity contribution in [2.45, 2.75) is 19.4 Å². The van der Waals surface area contributed by atoms with E-state index in [2.05, 4.69) is 20.8 Å². The lowest BCUT2D eigenvalue weighted by Gasteiger charge is -2.39. The molecule has 1 aromatic carbocycles. The van der Waals surface area contributed by atoms with Crippen LogP contribution in [-0.2, 0) is 4.79 Å². The number of alkyl halides is 1. The van der Waals surface area contributed by atoms with Crippen molar-refractivity contribution in [2.75, 3.05) is 31.5 Å². The Hall–Kier alpha value is -1.04. The average Bonchev–Trinajstić information content (AvgIpc) is 2.47. The number of carbonyl (C=O) groups is 1. The fraction of sp³-hybridized carbons (Fsp3) is 0.471. The maximum Gasteiger partial charge on any atom is 0.241 e. The van der Waals surface area contributed by atoms with E-state index in [0.29, 0.717) is 18.1 Å². The van der Waals surface area contributed by atoms with Crippen LogP contribution in [0, 0.1) is 0 Å². The lowest BCUT2D eigenvalue weighted by molar-refractivity contribution is -0.132. The summed E-state index contributed by atoms with van der Waals surface area (Å²) in [6.45, 7) is 6.87. The monoisotopic (exact) mass is 398 g/mol. The number of hydrogen-bond donors (Lipinski definition) is 0. The zero-order valence-electron chi connectivity index (χ0n) is 13.3. The van der Waals surface area contributed by atoms with Gasteiger partial charge < -0.3 is 9.64 Å². The summed E-state index contributed by atoms with van der Waals surface area (Å²) in [5.41, 5.74) is 1.34. The van der Waals surface area contributed by atoms with Crippen LogP contribution in [0.25, 0.3) is 5.70 Å². The molecule has 6 heteroatoms. The largest absolute Gasteiger partial charge is 0.483 e. The molecule has 0 spiro atoms. The molecule has 1 aromatic rings. The molecule has 3 rings (SSSR count).